The van der Waals surface area contributed by atoms with E-state index in [1.54, 1.807) is 12.4 Å². The molecule has 5 aromatic heterocycles. The van der Waals surface area contributed by atoms with Crippen molar-refractivity contribution < 1.29 is 0 Å². The standard InChI is InChI=1S/C46H28N6S/c1-3-12-30(13-4-1)35-28-36-43(46-45(35)51-53-52-46)42-34(16-11-19-39(42)50-44(36)32-14-5-2-6-15-32)31-22-20-29(21-23-31)33-26-40(37-17-7-9-24-47-37)49-41(27-33)38-18-8-10-25-48-38/h1-28H. The van der Waals surface area contributed by atoms with Crippen LogP contribution in [0.5, 0.6) is 0 Å². The van der Waals surface area contributed by atoms with Gasteiger partial charge in [-0.2, -0.15) is 8.75 Å². The zero-order valence-electron chi connectivity index (χ0n) is 28.3. The normalized spacial score (nSPS) is 11.4. The minimum Gasteiger partial charge on any atom is -0.255 e. The van der Waals surface area contributed by atoms with Gasteiger partial charge in [0.15, 0.2) is 0 Å². The van der Waals surface area contributed by atoms with Gasteiger partial charge in [0.05, 0.1) is 45.7 Å². The smallest absolute Gasteiger partial charge is 0.114 e. The van der Waals surface area contributed by atoms with Gasteiger partial charge in [-0.05, 0) is 76.3 Å². The predicted octanol–water partition coefficient (Wildman–Crippen LogP) is 11.6. The lowest BCUT2D eigenvalue weighted by Gasteiger charge is -2.16. The Labute approximate surface area is 309 Å². The van der Waals surface area contributed by atoms with E-state index in [9.17, 15) is 0 Å². The molecule has 0 fully saturated rings. The lowest BCUT2D eigenvalue weighted by atomic mass is 9.90. The third-order valence-electron chi connectivity index (χ3n) is 9.66. The molecule has 53 heavy (non-hydrogen) atoms. The van der Waals surface area contributed by atoms with Crippen LogP contribution < -0.4 is 0 Å². The van der Waals surface area contributed by atoms with Gasteiger partial charge in [0.1, 0.15) is 11.0 Å². The second-order valence-corrected chi connectivity index (χ2v) is 13.4. The van der Waals surface area contributed by atoms with Crippen molar-refractivity contribution in [3.05, 3.63) is 170 Å². The van der Waals surface area contributed by atoms with E-state index in [2.05, 4.69) is 119 Å². The van der Waals surface area contributed by atoms with Crippen LogP contribution in [0.1, 0.15) is 0 Å². The molecule has 0 radical (unpaired) electrons. The first-order valence-electron chi connectivity index (χ1n) is 17.4. The molecule has 0 saturated heterocycles. The molecule has 6 nitrogen and oxygen atoms in total. The summed E-state index contributed by atoms with van der Waals surface area (Å²) in [7, 11) is 0. The molecule has 248 valence electrons. The lowest BCUT2D eigenvalue weighted by Crippen LogP contribution is -1.95. The Morgan fingerprint density at radius 2 is 0.981 bits per heavy atom. The van der Waals surface area contributed by atoms with E-state index in [1.807, 2.05) is 48.5 Å². The Hall–Kier alpha value is -6.96. The van der Waals surface area contributed by atoms with E-state index in [4.69, 9.17) is 18.7 Å². The molecule has 0 aliphatic heterocycles. The van der Waals surface area contributed by atoms with Gasteiger partial charge in [0.2, 0.25) is 0 Å². The quantitative estimate of drug-likeness (QED) is 0.161. The molecule has 0 spiro atoms. The molecule has 0 bridgehead atoms. The average Bonchev–Trinajstić information content (AvgIpc) is 3.74. The van der Waals surface area contributed by atoms with Crippen LogP contribution in [0.2, 0.25) is 0 Å². The van der Waals surface area contributed by atoms with Crippen LogP contribution >= 0.6 is 11.7 Å². The van der Waals surface area contributed by atoms with E-state index >= 15 is 0 Å². The maximum atomic E-state index is 5.36. The Morgan fingerprint density at radius 3 is 1.64 bits per heavy atom. The summed E-state index contributed by atoms with van der Waals surface area (Å²) in [6.45, 7) is 0. The fraction of sp³-hybridized carbons (Fsp3) is 0. The molecule has 10 aromatic rings. The molecule has 0 atom stereocenters. The summed E-state index contributed by atoms with van der Waals surface area (Å²) in [5, 5.41) is 3.17. The van der Waals surface area contributed by atoms with Crippen LogP contribution in [0, 0.1) is 0 Å². The van der Waals surface area contributed by atoms with Crippen LogP contribution in [0.15, 0.2) is 170 Å². The maximum absolute atomic E-state index is 5.36. The summed E-state index contributed by atoms with van der Waals surface area (Å²) >= 11 is 1.25. The van der Waals surface area contributed by atoms with Crippen LogP contribution in [0.3, 0.4) is 0 Å². The average molecular weight is 697 g/mol. The second kappa shape index (κ2) is 13.0. The minimum atomic E-state index is 0.796. The van der Waals surface area contributed by atoms with Gasteiger partial charge in [-0.1, -0.05) is 109 Å². The highest BCUT2D eigenvalue weighted by Crippen LogP contribution is 2.44. The third-order valence-corrected chi connectivity index (χ3v) is 10.2. The molecule has 0 aliphatic rings. The third kappa shape index (κ3) is 5.51. The zero-order chi connectivity index (χ0) is 35.1. The minimum absolute atomic E-state index is 0.796. The number of hydrogen-bond acceptors (Lipinski definition) is 7. The van der Waals surface area contributed by atoms with Crippen LogP contribution in [0.4, 0.5) is 0 Å². The topological polar surface area (TPSA) is 77.3 Å². The SMILES string of the molecule is c1ccc(-c2nc3cccc(-c4ccc(-c5cc(-c6ccccn6)nc(-c6ccccn6)c5)cc4)c3c3c2cc(-c2ccccc2)c2nsnc23)cc1. The number of benzene rings is 5. The van der Waals surface area contributed by atoms with E-state index in [0.717, 1.165) is 100 Å². The van der Waals surface area contributed by atoms with Crippen LogP contribution in [-0.2, 0) is 0 Å². The highest BCUT2D eigenvalue weighted by atomic mass is 32.1. The Kier molecular flexibility index (Phi) is 7.55. The largest absolute Gasteiger partial charge is 0.255 e. The first-order chi connectivity index (χ1) is 26.3. The van der Waals surface area contributed by atoms with Gasteiger partial charge in [-0.15, -0.1) is 0 Å². The van der Waals surface area contributed by atoms with E-state index in [1.165, 1.54) is 11.7 Å². The molecule has 0 amide bonds. The van der Waals surface area contributed by atoms with Crippen molar-refractivity contribution in [2.75, 3.05) is 0 Å². The summed E-state index contributed by atoms with van der Waals surface area (Å²) in [4.78, 5) is 19.5. The zero-order valence-corrected chi connectivity index (χ0v) is 29.1. The number of hydrogen-bond donors (Lipinski definition) is 0. The Morgan fingerprint density at radius 1 is 0.377 bits per heavy atom. The fourth-order valence-electron chi connectivity index (χ4n) is 7.18. The fourth-order valence-corrected chi connectivity index (χ4v) is 7.75. The van der Waals surface area contributed by atoms with E-state index in [-0.39, 0.29) is 0 Å². The molecule has 10 rings (SSSR count). The lowest BCUT2D eigenvalue weighted by molar-refractivity contribution is 1.22. The van der Waals surface area contributed by atoms with E-state index < -0.39 is 0 Å². The number of fused-ring (bicyclic) bond motifs is 5. The first kappa shape index (κ1) is 30.8. The molecule has 0 saturated carbocycles. The Balaban J connectivity index is 1.17. The predicted molar refractivity (Wildman–Crippen MR) is 216 cm³/mol. The monoisotopic (exact) mass is 696 g/mol. The molecule has 7 heteroatoms. The van der Waals surface area contributed by atoms with Crippen molar-refractivity contribution in [1.29, 1.82) is 0 Å². The van der Waals surface area contributed by atoms with Crippen molar-refractivity contribution in [2.45, 2.75) is 0 Å². The summed E-state index contributed by atoms with van der Waals surface area (Å²) in [6, 6.07) is 54.2. The summed E-state index contributed by atoms with van der Waals surface area (Å²) in [6.07, 6.45) is 3.59. The van der Waals surface area contributed by atoms with E-state index in [0.29, 0.717) is 0 Å². The highest BCUT2D eigenvalue weighted by molar-refractivity contribution is 7.00. The molecule has 5 aromatic carbocycles. The number of pyridine rings is 4. The van der Waals surface area contributed by atoms with Gasteiger partial charge >= 0.3 is 0 Å². The Bertz CT molecular complexity index is 2860. The first-order valence-corrected chi connectivity index (χ1v) is 18.1. The van der Waals surface area contributed by atoms with Crippen molar-refractivity contribution in [3.8, 4) is 67.4 Å². The molecule has 0 unspecified atom stereocenters. The van der Waals surface area contributed by atoms with Gasteiger partial charge in [-0.3, -0.25) is 9.97 Å². The highest BCUT2D eigenvalue weighted by Gasteiger charge is 2.21. The van der Waals surface area contributed by atoms with Crippen LogP contribution in [0.25, 0.3) is 100 Å². The number of aromatic nitrogens is 6. The van der Waals surface area contributed by atoms with Gasteiger partial charge in [0.25, 0.3) is 0 Å². The molecule has 0 aliphatic carbocycles. The second-order valence-electron chi connectivity index (χ2n) is 12.8. The molecule has 0 N–H and O–H groups in total. The molecule has 5 heterocycles. The number of nitrogens with zero attached hydrogens (tertiary/aromatic N) is 6. The van der Waals surface area contributed by atoms with Crippen molar-refractivity contribution in [1.82, 2.24) is 28.7 Å². The van der Waals surface area contributed by atoms with Crippen molar-refractivity contribution in [2.24, 2.45) is 0 Å². The number of rotatable bonds is 6. The van der Waals surface area contributed by atoms with Gasteiger partial charge in [-0.25, -0.2) is 9.97 Å². The van der Waals surface area contributed by atoms with Gasteiger partial charge in [0, 0.05) is 39.7 Å². The molecular formula is C46H28N6S. The van der Waals surface area contributed by atoms with Gasteiger partial charge < -0.3 is 0 Å². The van der Waals surface area contributed by atoms with Crippen LogP contribution in [-0.4, -0.2) is 28.7 Å². The van der Waals surface area contributed by atoms with Crippen molar-refractivity contribution >= 4 is 44.4 Å². The maximum Gasteiger partial charge on any atom is 0.114 e. The molecular weight excluding hydrogens is 669 g/mol. The summed E-state index contributed by atoms with van der Waals surface area (Å²) in [5.74, 6) is 0. The van der Waals surface area contributed by atoms with Crippen molar-refractivity contribution in [3.63, 3.8) is 0 Å². The summed E-state index contributed by atoms with van der Waals surface area (Å²) in [5.41, 5.74) is 14.3. The summed E-state index contributed by atoms with van der Waals surface area (Å²) < 4.78 is 9.82.